The summed E-state index contributed by atoms with van der Waals surface area (Å²) in [6.07, 6.45) is -5.01. The number of nitrogens with one attached hydrogen (secondary N) is 1. The van der Waals surface area contributed by atoms with Gasteiger partial charge in [-0.1, -0.05) is 5.11 Å². The molecular weight excluding hydrogens is 359 g/mol. The maximum Gasteiger partial charge on any atom is 0.351 e. The third-order valence-electron chi connectivity index (χ3n) is 3.71. The fourth-order valence-electron chi connectivity index (χ4n) is 2.33. The van der Waals surface area contributed by atoms with Crippen LogP contribution < -0.4 is 11.0 Å². The van der Waals surface area contributed by atoms with Crippen LogP contribution in [0.5, 0.6) is 0 Å². The largest absolute Gasteiger partial charge is 0.480 e. The first-order valence-electron chi connectivity index (χ1n) is 7.16. The molecule has 0 bridgehead atoms. The van der Waals surface area contributed by atoms with Gasteiger partial charge >= 0.3 is 11.7 Å². The van der Waals surface area contributed by atoms with Crippen LogP contribution in [-0.4, -0.2) is 73.2 Å². The van der Waals surface area contributed by atoms with Gasteiger partial charge in [-0.15, -0.1) is 0 Å². The molecule has 0 aliphatic carbocycles. The number of aliphatic hydroxyl groups excluding tert-OH is 3. The van der Waals surface area contributed by atoms with Crippen LogP contribution in [0.3, 0.4) is 0 Å². The molecule has 0 unspecified atom stereocenters. The first-order chi connectivity index (χ1) is 12.3. The Bertz CT molecular complexity index is 784. The Balaban J connectivity index is 2.31. The second kappa shape index (κ2) is 7.63. The number of ether oxygens (including phenoxy) is 1. The molecule has 1 aromatic rings. The summed E-state index contributed by atoms with van der Waals surface area (Å²) in [5.41, 5.74) is 5.12. The third kappa shape index (κ3) is 3.44. The first-order valence-corrected chi connectivity index (χ1v) is 7.16. The maximum atomic E-state index is 14.3. The van der Waals surface area contributed by atoms with Crippen molar-refractivity contribution in [3.63, 3.8) is 0 Å². The number of alkyl halides is 1. The molecule has 0 spiro atoms. The van der Waals surface area contributed by atoms with E-state index in [4.69, 9.17) is 20.5 Å². The van der Waals surface area contributed by atoms with Crippen molar-refractivity contribution >= 4 is 11.8 Å². The predicted molar refractivity (Wildman–Crippen MR) is 80.6 cm³/mol. The van der Waals surface area contributed by atoms with E-state index < -0.39 is 55.1 Å². The van der Waals surface area contributed by atoms with E-state index in [1.807, 2.05) is 0 Å². The van der Waals surface area contributed by atoms with Crippen LogP contribution in [0.4, 0.5) is 10.2 Å². The van der Waals surface area contributed by atoms with E-state index in [0.717, 1.165) is 12.3 Å². The monoisotopic (exact) mass is 374 g/mol. The van der Waals surface area contributed by atoms with Gasteiger partial charge < -0.3 is 30.5 Å². The number of hydrogen-bond acceptors (Lipinski definition) is 9. The van der Waals surface area contributed by atoms with E-state index >= 15 is 0 Å². The van der Waals surface area contributed by atoms with E-state index in [0.29, 0.717) is 4.57 Å². The van der Waals surface area contributed by atoms with Gasteiger partial charge in [0.05, 0.1) is 13.2 Å². The summed E-state index contributed by atoms with van der Waals surface area (Å²) in [6.45, 7) is -1.80. The molecule has 1 aliphatic rings. The standard InChI is InChI=1S/C12H15FN6O7/c13-7-8(22)12(4-21,17-18-14)26-9(7)19-2-1-6(16-11(19)25)15-5(3-20)10(23)24/h1-2,5,7-9,20-22H,3-4H2,(H,23,24)(H,15,16,25)/t5-,7-,8-,9+,12+/m0/s1. The smallest absolute Gasteiger partial charge is 0.351 e. The lowest BCUT2D eigenvalue weighted by atomic mass is 10.1. The predicted octanol–water partition coefficient (Wildman–Crippen LogP) is -1.67. The molecule has 14 heteroatoms. The Hall–Kier alpha value is -2.77. The van der Waals surface area contributed by atoms with Crippen LogP contribution >= 0.6 is 0 Å². The Kier molecular flexibility index (Phi) is 5.74. The lowest BCUT2D eigenvalue weighted by Crippen LogP contribution is -2.43. The Morgan fingerprint density at radius 2 is 2.31 bits per heavy atom. The van der Waals surface area contributed by atoms with Gasteiger partial charge in [0, 0.05) is 11.1 Å². The number of carboxylic acids is 1. The molecule has 1 saturated heterocycles. The van der Waals surface area contributed by atoms with Crippen LogP contribution in [0.15, 0.2) is 22.2 Å². The number of azide groups is 1. The van der Waals surface area contributed by atoms with Gasteiger partial charge in [0.1, 0.15) is 18.0 Å². The summed E-state index contributed by atoms with van der Waals surface area (Å²) in [6, 6.07) is -0.301. The molecule has 142 valence electrons. The zero-order valence-electron chi connectivity index (χ0n) is 13.0. The molecule has 0 amide bonds. The molecule has 5 atom stereocenters. The van der Waals surface area contributed by atoms with Gasteiger partial charge in [0.25, 0.3) is 0 Å². The van der Waals surface area contributed by atoms with Crippen LogP contribution in [0, 0.1) is 0 Å². The topological polar surface area (TPSA) is 203 Å². The van der Waals surface area contributed by atoms with Crippen molar-refractivity contribution in [2.45, 2.75) is 30.3 Å². The van der Waals surface area contributed by atoms with E-state index in [9.17, 15) is 24.2 Å². The fourth-order valence-corrected chi connectivity index (χ4v) is 2.33. The van der Waals surface area contributed by atoms with Crippen molar-refractivity contribution in [2.75, 3.05) is 18.5 Å². The highest BCUT2D eigenvalue weighted by atomic mass is 19.1. The molecule has 13 nitrogen and oxygen atoms in total. The number of aromatic nitrogens is 2. The number of anilines is 1. The van der Waals surface area contributed by atoms with Crippen LogP contribution in [0.2, 0.25) is 0 Å². The highest BCUT2D eigenvalue weighted by Gasteiger charge is 2.56. The van der Waals surface area contributed by atoms with Crippen LogP contribution in [0.1, 0.15) is 6.23 Å². The maximum absolute atomic E-state index is 14.3. The fraction of sp³-hybridized carbons (Fsp3) is 0.583. The molecule has 1 fully saturated rings. The summed E-state index contributed by atoms with van der Waals surface area (Å²) >= 11 is 0. The van der Waals surface area contributed by atoms with Crippen molar-refractivity contribution in [2.24, 2.45) is 5.11 Å². The summed E-state index contributed by atoms with van der Waals surface area (Å²) in [5.74, 6) is -1.59. The van der Waals surface area contributed by atoms with Crippen molar-refractivity contribution in [3.05, 3.63) is 33.2 Å². The van der Waals surface area contributed by atoms with Crippen molar-refractivity contribution in [1.29, 1.82) is 0 Å². The quantitative estimate of drug-likeness (QED) is 0.210. The highest BCUT2D eigenvalue weighted by Crippen LogP contribution is 2.39. The van der Waals surface area contributed by atoms with Crippen LogP contribution in [-0.2, 0) is 9.53 Å². The van der Waals surface area contributed by atoms with E-state index in [2.05, 4.69) is 20.3 Å². The molecule has 1 aliphatic heterocycles. The van der Waals surface area contributed by atoms with Gasteiger partial charge in [-0.05, 0) is 11.6 Å². The number of hydrogen-bond donors (Lipinski definition) is 5. The zero-order chi connectivity index (χ0) is 19.5. The molecule has 0 radical (unpaired) electrons. The second-order valence-corrected chi connectivity index (χ2v) is 5.31. The first kappa shape index (κ1) is 19.6. The SMILES string of the molecule is [N-]=[N+]=N[C@]1(CO)O[C@@H](n2ccc(N[C@@H](CO)C(=O)O)nc2=O)[C@@H](F)[C@@H]1O. The average Bonchev–Trinajstić information content (AvgIpc) is 2.85. The lowest BCUT2D eigenvalue weighted by molar-refractivity contribution is -0.138. The molecular formula is C12H15FN6O7. The molecule has 26 heavy (non-hydrogen) atoms. The van der Waals surface area contributed by atoms with E-state index in [1.54, 1.807) is 0 Å². The van der Waals surface area contributed by atoms with E-state index in [1.165, 1.54) is 0 Å². The van der Waals surface area contributed by atoms with Crippen LogP contribution in [0.25, 0.3) is 10.4 Å². The van der Waals surface area contributed by atoms with Crippen molar-refractivity contribution in [3.8, 4) is 0 Å². The van der Waals surface area contributed by atoms with Crippen molar-refractivity contribution in [1.82, 2.24) is 9.55 Å². The third-order valence-corrected chi connectivity index (χ3v) is 3.71. The molecule has 2 heterocycles. The van der Waals surface area contributed by atoms with Gasteiger partial charge in [-0.2, -0.15) is 4.98 Å². The molecule has 5 N–H and O–H groups in total. The molecule has 2 rings (SSSR count). The minimum Gasteiger partial charge on any atom is -0.480 e. The van der Waals surface area contributed by atoms with E-state index in [-0.39, 0.29) is 5.82 Å². The minimum atomic E-state index is -2.31. The number of carbonyl (C=O) groups is 1. The van der Waals surface area contributed by atoms with Gasteiger partial charge in [0.15, 0.2) is 12.4 Å². The zero-order valence-corrected chi connectivity index (χ0v) is 13.0. The lowest BCUT2D eigenvalue weighted by Gasteiger charge is -2.23. The van der Waals surface area contributed by atoms with Gasteiger partial charge in [-0.3, -0.25) is 4.57 Å². The number of rotatable bonds is 7. The summed E-state index contributed by atoms with van der Waals surface area (Å²) in [7, 11) is 0. The normalized spacial score (nSPS) is 29.0. The Morgan fingerprint density at radius 1 is 1.62 bits per heavy atom. The number of aliphatic hydroxyl groups is 3. The highest BCUT2D eigenvalue weighted by molar-refractivity contribution is 5.76. The van der Waals surface area contributed by atoms with Gasteiger partial charge in [-0.25, -0.2) is 14.0 Å². The Morgan fingerprint density at radius 3 is 2.81 bits per heavy atom. The summed E-state index contributed by atoms with van der Waals surface area (Å²) in [4.78, 5) is 28.8. The number of aliphatic carboxylic acids is 1. The number of halogens is 1. The molecule has 0 saturated carbocycles. The number of nitrogens with zero attached hydrogens (tertiary/aromatic N) is 5. The minimum absolute atomic E-state index is 0.204. The van der Waals surface area contributed by atoms with Gasteiger partial charge in [0.2, 0.25) is 5.72 Å². The molecule has 1 aromatic heterocycles. The second-order valence-electron chi connectivity index (χ2n) is 5.31. The van der Waals surface area contributed by atoms with Crippen molar-refractivity contribution < 1.29 is 34.3 Å². The average molecular weight is 374 g/mol. The molecule has 0 aromatic carbocycles. The summed E-state index contributed by atoms with van der Waals surface area (Å²) < 4.78 is 20.1. The summed E-state index contributed by atoms with van der Waals surface area (Å²) in [5, 5.41) is 42.3. The number of carboxylic acid groups (broad SMARTS) is 1. The Labute approximate surface area is 143 Å².